The summed E-state index contributed by atoms with van der Waals surface area (Å²) in [5.74, 6) is -0.108. The van der Waals surface area contributed by atoms with Crippen LogP contribution in [0.15, 0.2) is 12.4 Å². The van der Waals surface area contributed by atoms with E-state index in [9.17, 15) is 18.0 Å². The molecule has 1 amide bonds. The highest BCUT2D eigenvalue weighted by Crippen LogP contribution is 2.21. The third-order valence-electron chi connectivity index (χ3n) is 3.70. The molecule has 2 rings (SSSR count). The van der Waals surface area contributed by atoms with Crippen LogP contribution in [0.1, 0.15) is 30.9 Å². The number of alkyl halides is 3. The number of aromatic nitrogens is 2. The minimum absolute atomic E-state index is 0.0421. The minimum Gasteiger partial charge on any atom is -0.341 e. The molecule has 0 bridgehead atoms. The van der Waals surface area contributed by atoms with Crippen molar-refractivity contribution in [1.82, 2.24) is 20.0 Å². The largest absolute Gasteiger partial charge is 0.401 e. The Bertz CT molecular complexity index is 501. The van der Waals surface area contributed by atoms with Gasteiger partial charge in [-0.1, -0.05) is 0 Å². The molecule has 1 aromatic heterocycles. The first-order chi connectivity index (χ1) is 10.3. The van der Waals surface area contributed by atoms with Gasteiger partial charge in [0.25, 0.3) is 0 Å². The first-order valence-electron chi connectivity index (χ1n) is 7.41. The molecule has 1 aromatic rings. The minimum atomic E-state index is -4.24. The van der Waals surface area contributed by atoms with Gasteiger partial charge in [-0.05, 0) is 25.3 Å². The third-order valence-corrected chi connectivity index (χ3v) is 3.70. The standard InChI is InChI=1S/C14H21F3N4O/c1-11-7-19-21(8-11)12-3-2-6-20(9-12)13(22)4-5-18-10-14(15,16)17/h7-8,12,18H,2-6,9-10H2,1H3/t12-/m0/s1. The molecule has 1 aliphatic heterocycles. The zero-order chi connectivity index (χ0) is 16.2. The van der Waals surface area contributed by atoms with Gasteiger partial charge < -0.3 is 10.2 Å². The summed E-state index contributed by atoms with van der Waals surface area (Å²) in [7, 11) is 0. The number of carbonyl (C=O) groups excluding carboxylic acids is 1. The topological polar surface area (TPSA) is 50.2 Å². The number of halogens is 3. The lowest BCUT2D eigenvalue weighted by atomic mass is 10.1. The molecule has 1 N–H and O–H groups in total. The Morgan fingerprint density at radius 1 is 1.50 bits per heavy atom. The smallest absolute Gasteiger partial charge is 0.341 e. The third kappa shape index (κ3) is 5.01. The number of likely N-dealkylation sites (tertiary alicyclic amines) is 1. The van der Waals surface area contributed by atoms with Gasteiger partial charge in [-0.2, -0.15) is 18.3 Å². The highest BCUT2D eigenvalue weighted by molar-refractivity contribution is 5.76. The summed E-state index contributed by atoms with van der Waals surface area (Å²) >= 11 is 0. The summed E-state index contributed by atoms with van der Waals surface area (Å²) in [5, 5.41) is 6.53. The Hall–Kier alpha value is -1.57. The quantitative estimate of drug-likeness (QED) is 0.844. The van der Waals surface area contributed by atoms with Crippen LogP contribution < -0.4 is 5.32 Å². The number of piperidine rings is 1. The van der Waals surface area contributed by atoms with Crippen LogP contribution >= 0.6 is 0 Å². The fourth-order valence-electron chi connectivity index (χ4n) is 2.61. The van der Waals surface area contributed by atoms with Gasteiger partial charge in [0.1, 0.15) is 0 Å². The van der Waals surface area contributed by atoms with Crippen molar-refractivity contribution < 1.29 is 18.0 Å². The fraction of sp³-hybridized carbons (Fsp3) is 0.714. The van der Waals surface area contributed by atoms with E-state index >= 15 is 0 Å². The highest BCUT2D eigenvalue weighted by atomic mass is 19.4. The van der Waals surface area contributed by atoms with Crippen molar-refractivity contribution >= 4 is 5.91 Å². The Balaban J connectivity index is 1.78. The van der Waals surface area contributed by atoms with Gasteiger partial charge in [0.15, 0.2) is 0 Å². The predicted octanol–water partition coefficient (Wildman–Crippen LogP) is 1.90. The number of aryl methyl sites for hydroxylation is 1. The maximum Gasteiger partial charge on any atom is 0.401 e. The van der Waals surface area contributed by atoms with Gasteiger partial charge >= 0.3 is 6.18 Å². The van der Waals surface area contributed by atoms with Crippen LogP contribution in [-0.2, 0) is 4.79 Å². The van der Waals surface area contributed by atoms with E-state index in [1.807, 2.05) is 17.8 Å². The number of hydrogen-bond donors (Lipinski definition) is 1. The molecule has 1 saturated heterocycles. The van der Waals surface area contributed by atoms with Crippen molar-refractivity contribution in [3.63, 3.8) is 0 Å². The summed E-state index contributed by atoms with van der Waals surface area (Å²) < 4.78 is 37.9. The lowest BCUT2D eigenvalue weighted by Crippen LogP contribution is -2.42. The number of nitrogens with one attached hydrogen (secondary N) is 1. The zero-order valence-corrected chi connectivity index (χ0v) is 12.6. The Kier molecular flexibility index (Phi) is 5.44. The Morgan fingerprint density at radius 2 is 2.27 bits per heavy atom. The summed E-state index contributed by atoms with van der Waals surface area (Å²) in [5.41, 5.74) is 1.07. The van der Waals surface area contributed by atoms with Gasteiger partial charge in [0.2, 0.25) is 5.91 Å². The van der Waals surface area contributed by atoms with Crippen LogP contribution in [0, 0.1) is 6.92 Å². The molecule has 0 aromatic carbocycles. The fourth-order valence-corrected chi connectivity index (χ4v) is 2.61. The molecule has 8 heteroatoms. The van der Waals surface area contributed by atoms with E-state index in [2.05, 4.69) is 10.4 Å². The van der Waals surface area contributed by atoms with E-state index in [1.54, 1.807) is 11.1 Å². The van der Waals surface area contributed by atoms with E-state index in [0.29, 0.717) is 13.1 Å². The second kappa shape index (κ2) is 7.13. The van der Waals surface area contributed by atoms with E-state index in [0.717, 1.165) is 18.4 Å². The van der Waals surface area contributed by atoms with Crippen LogP contribution in [0.2, 0.25) is 0 Å². The van der Waals surface area contributed by atoms with Crippen molar-refractivity contribution in [2.24, 2.45) is 0 Å². The summed E-state index contributed by atoms with van der Waals surface area (Å²) in [4.78, 5) is 13.8. The maximum atomic E-state index is 12.1. The molecule has 1 aliphatic rings. The molecule has 0 unspecified atom stereocenters. The summed E-state index contributed by atoms with van der Waals surface area (Å²) in [6.07, 6.45) is 1.41. The molecule has 22 heavy (non-hydrogen) atoms. The number of hydrogen-bond acceptors (Lipinski definition) is 3. The SMILES string of the molecule is Cc1cnn([C@H]2CCCN(C(=O)CCNCC(F)(F)F)C2)c1. The normalized spacial score (nSPS) is 19.5. The van der Waals surface area contributed by atoms with Crippen molar-refractivity contribution in [3.8, 4) is 0 Å². The second-order valence-corrected chi connectivity index (χ2v) is 5.68. The van der Waals surface area contributed by atoms with Crippen molar-refractivity contribution in [3.05, 3.63) is 18.0 Å². The van der Waals surface area contributed by atoms with Gasteiger partial charge in [-0.25, -0.2) is 0 Å². The summed E-state index contributed by atoms with van der Waals surface area (Å²) in [6.45, 7) is 2.17. The number of nitrogens with zero attached hydrogens (tertiary/aromatic N) is 3. The molecule has 0 spiro atoms. The van der Waals surface area contributed by atoms with Crippen molar-refractivity contribution in [1.29, 1.82) is 0 Å². The number of amides is 1. The molecule has 5 nitrogen and oxygen atoms in total. The lowest BCUT2D eigenvalue weighted by molar-refractivity contribution is -0.134. The Morgan fingerprint density at radius 3 is 2.91 bits per heavy atom. The van der Waals surface area contributed by atoms with Crippen molar-refractivity contribution in [2.45, 2.75) is 38.4 Å². The van der Waals surface area contributed by atoms with Crippen molar-refractivity contribution in [2.75, 3.05) is 26.2 Å². The van der Waals surface area contributed by atoms with Crippen LogP contribution in [0.3, 0.4) is 0 Å². The molecule has 0 radical (unpaired) electrons. The average molecular weight is 318 g/mol. The molecule has 1 atom stereocenters. The van der Waals surface area contributed by atoms with Crippen LogP contribution in [0.4, 0.5) is 13.2 Å². The molecular formula is C14H21F3N4O. The van der Waals surface area contributed by atoms with E-state index in [-0.39, 0.29) is 24.9 Å². The number of rotatable bonds is 5. The molecule has 0 saturated carbocycles. The van der Waals surface area contributed by atoms with Crippen LogP contribution in [-0.4, -0.2) is 52.9 Å². The lowest BCUT2D eigenvalue weighted by Gasteiger charge is -2.33. The summed E-state index contributed by atoms with van der Waals surface area (Å²) in [6, 6.07) is 0.148. The van der Waals surface area contributed by atoms with E-state index in [1.165, 1.54) is 0 Å². The van der Waals surface area contributed by atoms with Gasteiger partial charge in [0.05, 0.1) is 18.8 Å². The van der Waals surface area contributed by atoms with E-state index in [4.69, 9.17) is 0 Å². The van der Waals surface area contributed by atoms with Crippen LogP contribution in [0.25, 0.3) is 0 Å². The molecule has 2 heterocycles. The molecule has 124 valence electrons. The van der Waals surface area contributed by atoms with Crippen LogP contribution in [0.5, 0.6) is 0 Å². The average Bonchev–Trinajstić information content (AvgIpc) is 2.89. The monoisotopic (exact) mass is 318 g/mol. The molecular weight excluding hydrogens is 297 g/mol. The molecule has 1 fully saturated rings. The second-order valence-electron chi connectivity index (χ2n) is 5.68. The maximum absolute atomic E-state index is 12.1. The van der Waals surface area contributed by atoms with Gasteiger partial charge in [-0.3, -0.25) is 9.48 Å². The zero-order valence-electron chi connectivity index (χ0n) is 12.6. The van der Waals surface area contributed by atoms with E-state index < -0.39 is 12.7 Å². The molecule has 0 aliphatic carbocycles. The predicted molar refractivity (Wildman–Crippen MR) is 75.4 cm³/mol. The van der Waals surface area contributed by atoms with Gasteiger partial charge in [0, 0.05) is 32.3 Å². The number of carbonyl (C=O) groups is 1. The Labute approximate surface area is 127 Å². The first kappa shape index (κ1) is 16.8. The highest BCUT2D eigenvalue weighted by Gasteiger charge is 2.27. The first-order valence-corrected chi connectivity index (χ1v) is 7.41. The van der Waals surface area contributed by atoms with Gasteiger partial charge in [-0.15, -0.1) is 0 Å².